The van der Waals surface area contributed by atoms with Gasteiger partial charge in [-0.05, 0) is 38.3 Å². The average Bonchev–Trinajstić information content (AvgIpc) is 2.84. The van der Waals surface area contributed by atoms with Gasteiger partial charge in [-0.2, -0.15) is 4.98 Å². The van der Waals surface area contributed by atoms with E-state index in [4.69, 9.17) is 15.0 Å². The Bertz CT molecular complexity index is 558. The van der Waals surface area contributed by atoms with Gasteiger partial charge in [-0.3, -0.25) is 0 Å². The van der Waals surface area contributed by atoms with Crippen molar-refractivity contribution in [2.24, 2.45) is 5.73 Å². The zero-order chi connectivity index (χ0) is 13.3. The number of nitrogens with two attached hydrogens (primary N) is 1. The van der Waals surface area contributed by atoms with E-state index in [0.717, 1.165) is 25.0 Å². The van der Waals surface area contributed by atoms with E-state index in [0.29, 0.717) is 11.7 Å². The molecule has 0 radical (unpaired) electrons. The van der Waals surface area contributed by atoms with Crippen molar-refractivity contribution in [3.63, 3.8) is 0 Å². The van der Waals surface area contributed by atoms with Crippen LogP contribution < -0.4 is 10.5 Å². The molecule has 0 atom stereocenters. The third kappa shape index (κ3) is 2.46. The molecule has 1 aromatic heterocycles. The first-order chi connectivity index (χ1) is 9.16. The fraction of sp³-hybridized carbons (Fsp3) is 0.429. The summed E-state index contributed by atoms with van der Waals surface area (Å²) < 4.78 is 10.8. The van der Waals surface area contributed by atoms with Gasteiger partial charge < -0.3 is 15.0 Å². The fourth-order valence-corrected chi connectivity index (χ4v) is 2.08. The molecule has 1 saturated carbocycles. The van der Waals surface area contributed by atoms with Crippen LogP contribution in [0.25, 0.3) is 0 Å². The zero-order valence-electron chi connectivity index (χ0n) is 10.9. The van der Waals surface area contributed by atoms with Gasteiger partial charge in [0, 0.05) is 0 Å². The van der Waals surface area contributed by atoms with Crippen LogP contribution in [0.1, 0.15) is 36.5 Å². The summed E-state index contributed by atoms with van der Waals surface area (Å²) in [6.45, 7) is 2.31. The minimum atomic E-state index is -0.383. The lowest BCUT2D eigenvalue weighted by Crippen LogP contribution is -2.44. The number of hydrogen-bond acceptors (Lipinski definition) is 5. The Morgan fingerprint density at radius 1 is 1.32 bits per heavy atom. The van der Waals surface area contributed by atoms with Crippen LogP contribution in [0.15, 0.2) is 28.8 Å². The SMILES string of the molecule is Cc1ccc(OCc2nc(C3(N)CCC3)no2)cc1. The van der Waals surface area contributed by atoms with E-state index in [1.165, 1.54) is 5.56 Å². The van der Waals surface area contributed by atoms with Crippen LogP contribution in [0.4, 0.5) is 0 Å². The van der Waals surface area contributed by atoms with Gasteiger partial charge in [-0.15, -0.1) is 0 Å². The Morgan fingerprint density at radius 2 is 2.05 bits per heavy atom. The van der Waals surface area contributed by atoms with Gasteiger partial charge in [0.05, 0.1) is 5.54 Å². The van der Waals surface area contributed by atoms with Crippen molar-refractivity contribution in [2.45, 2.75) is 38.3 Å². The molecule has 0 bridgehead atoms. The van der Waals surface area contributed by atoms with Gasteiger partial charge in [-0.1, -0.05) is 22.9 Å². The summed E-state index contributed by atoms with van der Waals surface area (Å²) in [6.07, 6.45) is 2.97. The molecule has 1 fully saturated rings. The number of hydrogen-bond donors (Lipinski definition) is 1. The van der Waals surface area contributed by atoms with Crippen LogP contribution in [-0.4, -0.2) is 10.1 Å². The molecule has 0 amide bonds. The molecule has 1 aliphatic rings. The smallest absolute Gasteiger partial charge is 0.264 e. The van der Waals surface area contributed by atoms with E-state index < -0.39 is 0 Å². The third-order valence-corrected chi connectivity index (χ3v) is 3.54. The number of benzene rings is 1. The van der Waals surface area contributed by atoms with E-state index >= 15 is 0 Å². The van der Waals surface area contributed by atoms with E-state index in [2.05, 4.69) is 10.1 Å². The highest BCUT2D eigenvalue weighted by Gasteiger charge is 2.38. The summed E-state index contributed by atoms with van der Waals surface area (Å²) in [4.78, 5) is 4.31. The normalized spacial score (nSPS) is 16.9. The molecule has 0 spiro atoms. The number of aromatic nitrogens is 2. The second-order valence-corrected chi connectivity index (χ2v) is 5.12. The highest BCUT2D eigenvalue weighted by molar-refractivity contribution is 5.26. The Kier molecular flexibility index (Phi) is 2.98. The molecular weight excluding hydrogens is 242 g/mol. The monoisotopic (exact) mass is 259 g/mol. The molecular formula is C14H17N3O2. The molecule has 1 aromatic carbocycles. The Morgan fingerprint density at radius 3 is 2.68 bits per heavy atom. The van der Waals surface area contributed by atoms with Crippen molar-refractivity contribution >= 4 is 0 Å². The van der Waals surface area contributed by atoms with Crippen molar-refractivity contribution in [3.05, 3.63) is 41.5 Å². The molecule has 1 heterocycles. The molecule has 1 aliphatic carbocycles. The lowest BCUT2D eigenvalue weighted by Gasteiger charge is -2.34. The summed E-state index contributed by atoms with van der Waals surface area (Å²) in [5.74, 6) is 1.85. The lowest BCUT2D eigenvalue weighted by molar-refractivity contribution is 0.223. The summed E-state index contributed by atoms with van der Waals surface area (Å²) in [7, 11) is 0. The van der Waals surface area contributed by atoms with Crippen LogP contribution >= 0.6 is 0 Å². The maximum absolute atomic E-state index is 6.14. The molecule has 100 valence electrons. The molecule has 0 aliphatic heterocycles. The Labute approximate surface area is 111 Å². The highest BCUT2D eigenvalue weighted by atomic mass is 16.5. The van der Waals surface area contributed by atoms with Crippen molar-refractivity contribution in [3.8, 4) is 5.75 Å². The second kappa shape index (κ2) is 4.66. The van der Waals surface area contributed by atoms with Crippen LogP contribution in [0.3, 0.4) is 0 Å². The first-order valence-electron chi connectivity index (χ1n) is 6.47. The molecule has 2 aromatic rings. The quantitative estimate of drug-likeness (QED) is 0.911. The Balaban J connectivity index is 1.63. The standard InChI is InChI=1S/C14H17N3O2/c1-10-3-5-11(6-4-10)18-9-12-16-13(17-19-12)14(15)7-2-8-14/h3-6H,2,7-9,15H2,1H3. The van der Waals surface area contributed by atoms with E-state index in [9.17, 15) is 0 Å². The average molecular weight is 259 g/mol. The minimum Gasteiger partial charge on any atom is -0.484 e. The number of rotatable bonds is 4. The summed E-state index contributed by atoms with van der Waals surface area (Å²) in [5.41, 5.74) is 6.95. The minimum absolute atomic E-state index is 0.270. The third-order valence-electron chi connectivity index (χ3n) is 3.54. The number of nitrogens with zero attached hydrogens (tertiary/aromatic N) is 2. The second-order valence-electron chi connectivity index (χ2n) is 5.12. The van der Waals surface area contributed by atoms with Crippen LogP contribution in [0, 0.1) is 6.92 Å². The lowest BCUT2D eigenvalue weighted by atomic mass is 9.77. The highest BCUT2D eigenvalue weighted by Crippen LogP contribution is 2.36. The molecule has 0 unspecified atom stereocenters. The van der Waals surface area contributed by atoms with Gasteiger partial charge in [-0.25, -0.2) is 0 Å². The van der Waals surface area contributed by atoms with Crippen molar-refractivity contribution in [1.29, 1.82) is 0 Å². The Hall–Kier alpha value is -1.88. The topological polar surface area (TPSA) is 74.2 Å². The molecule has 5 nitrogen and oxygen atoms in total. The molecule has 5 heteroatoms. The number of aryl methyl sites for hydroxylation is 1. The zero-order valence-corrected chi connectivity index (χ0v) is 10.9. The molecule has 19 heavy (non-hydrogen) atoms. The summed E-state index contributed by atoms with van der Waals surface area (Å²) in [6, 6.07) is 7.83. The first-order valence-corrected chi connectivity index (χ1v) is 6.47. The van der Waals surface area contributed by atoms with E-state index in [-0.39, 0.29) is 12.1 Å². The first kappa shape index (κ1) is 12.2. The van der Waals surface area contributed by atoms with Gasteiger partial charge in [0.25, 0.3) is 5.89 Å². The van der Waals surface area contributed by atoms with Crippen molar-refractivity contribution in [2.75, 3.05) is 0 Å². The van der Waals surface area contributed by atoms with Gasteiger partial charge in [0.15, 0.2) is 12.4 Å². The van der Waals surface area contributed by atoms with Gasteiger partial charge in [0.1, 0.15) is 5.75 Å². The molecule has 0 saturated heterocycles. The predicted molar refractivity (Wildman–Crippen MR) is 69.5 cm³/mol. The van der Waals surface area contributed by atoms with Crippen LogP contribution in [-0.2, 0) is 12.1 Å². The van der Waals surface area contributed by atoms with E-state index in [1.54, 1.807) is 0 Å². The maximum atomic E-state index is 6.14. The van der Waals surface area contributed by atoms with E-state index in [1.807, 2.05) is 31.2 Å². The van der Waals surface area contributed by atoms with Crippen LogP contribution in [0.5, 0.6) is 5.75 Å². The number of ether oxygens (including phenoxy) is 1. The van der Waals surface area contributed by atoms with Crippen LogP contribution in [0.2, 0.25) is 0 Å². The maximum Gasteiger partial charge on any atom is 0.264 e. The summed E-state index contributed by atoms with van der Waals surface area (Å²) >= 11 is 0. The van der Waals surface area contributed by atoms with Gasteiger partial charge in [0.2, 0.25) is 0 Å². The van der Waals surface area contributed by atoms with Crippen molar-refractivity contribution < 1.29 is 9.26 Å². The molecule has 2 N–H and O–H groups in total. The fourth-order valence-electron chi connectivity index (χ4n) is 2.08. The summed E-state index contributed by atoms with van der Waals surface area (Å²) in [5, 5.41) is 3.95. The van der Waals surface area contributed by atoms with Crippen molar-refractivity contribution in [1.82, 2.24) is 10.1 Å². The molecule has 3 rings (SSSR count). The predicted octanol–water partition coefficient (Wildman–Crippen LogP) is 2.29. The largest absolute Gasteiger partial charge is 0.484 e. The van der Waals surface area contributed by atoms with Gasteiger partial charge >= 0.3 is 0 Å².